The van der Waals surface area contributed by atoms with Crippen LogP contribution in [0.4, 0.5) is 0 Å². The van der Waals surface area contributed by atoms with Gasteiger partial charge < -0.3 is 10.4 Å². The van der Waals surface area contributed by atoms with Gasteiger partial charge in [-0.3, -0.25) is 9.59 Å². The van der Waals surface area contributed by atoms with Crippen LogP contribution in [0.25, 0.3) is 6.08 Å². The van der Waals surface area contributed by atoms with Crippen molar-refractivity contribution < 1.29 is 14.7 Å². The van der Waals surface area contributed by atoms with Gasteiger partial charge in [0, 0.05) is 17.5 Å². The fraction of sp³-hybridized carbons (Fsp3) is 0.467. The van der Waals surface area contributed by atoms with Crippen molar-refractivity contribution in [1.82, 2.24) is 5.32 Å². The molecule has 1 aromatic rings. The third-order valence-electron chi connectivity index (χ3n) is 2.72. The second-order valence-electron chi connectivity index (χ2n) is 6.02. The van der Waals surface area contributed by atoms with Crippen molar-refractivity contribution in [2.75, 3.05) is 6.54 Å². The minimum absolute atomic E-state index is 0.0999. The van der Waals surface area contributed by atoms with Gasteiger partial charge in [-0.1, -0.05) is 32.4 Å². The van der Waals surface area contributed by atoms with Crippen molar-refractivity contribution in [2.45, 2.75) is 27.2 Å². The highest BCUT2D eigenvalue weighted by Gasteiger charge is 2.24. The van der Waals surface area contributed by atoms with E-state index in [4.69, 9.17) is 11.6 Å². The van der Waals surface area contributed by atoms with E-state index in [0.717, 1.165) is 4.88 Å². The first kappa shape index (κ1) is 17.7. The van der Waals surface area contributed by atoms with E-state index in [1.165, 1.54) is 17.4 Å². The minimum atomic E-state index is -0.890. The maximum Gasteiger partial charge on any atom is 0.308 e. The van der Waals surface area contributed by atoms with Gasteiger partial charge in [0.25, 0.3) is 0 Å². The number of hydrogen-bond donors (Lipinski definition) is 2. The summed E-state index contributed by atoms with van der Waals surface area (Å²) >= 11 is 7.16. The molecule has 116 valence electrons. The summed E-state index contributed by atoms with van der Waals surface area (Å²) in [5.41, 5.74) is -0.0999. The fourth-order valence-electron chi connectivity index (χ4n) is 1.84. The van der Waals surface area contributed by atoms with Crippen molar-refractivity contribution in [3.05, 3.63) is 27.4 Å². The first-order chi connectivity index (χ1) is 9.67. The summed E-state index contributed by atoms with van der Waals surface area (Å²) in [4.78, 5) is 23.8. The van der Waals surface area contributed by atoms with E-state index in [0.29, 0.717) is 10.8 Å². The number of carbonyl (C=O) groups excluding carboxylic acids is 1. The standard InChI is InChI=1S/C15H20ClNO3S/c1-15(2,3)8-10(14(19)20)9-17-13(18)7-5-11-4-6-12(16)21-11/h4-7,10H,8-9H2,1-3H3,(H,17,18)(H,19,20)/b7-5+. The van der Waals surface area contributed by atoms with Crippen molar-refractivity contribution >= 4 is 40.9 Å². The normalized spacial score (nSPS) is 13.3. The number of amides is 1. The second-order valence-corrected chi connectivity index (χ2v) is 7.77. The molecule has 0 spiro atoms. The van der Waals surface area contributed by atoms with Crippen LogP contribution in [0.3, 0.4) is 0 Å². The maximum absolute atomic E-state index is 11.7. The van der Waals surface area contributed by atoms with E-state index in [-0.39, 0.29) is 17.9 Å². The number of hydrogen-bond acceptors (Lipinski definition) is 3. The molecule has 1 unspecified atom stereocenters. The molecule has 4 nitrogen and oxygen atoms in total. The molecule has 6 heteroatoms. The van der Waals surface area contributed by atoms with Crippen molar-refractivity contribution in [3.63, 3.8) is 0 Å². The zero-order chi connectivity index (χ0) is 16.0. The summed E-state index contributed by atoms with van der Waals surface area (Å²) in [7, 11) is 0. The Labute approximate surface area is 133 Å². The zero-order valence-corrected chi connectivity index (χ0v) is 13.9. The summed E-state index contributed by atoms with van der Waals surface area (Å²) in [6.07, 6.45) is 3.55. The average molecular weight is 330 g/mol. The monoisotopic (exact) mass is 329 g/mol. The van der Waals surface area contributed by atoms with Gasteiger partial charge in [0.05, 0.1) is 10.3 Å². The van der Waals surface area contributed by atoms with E-state index in [2.05, 4.69) is 5.32 Å². The Balaban J connectivity index is 2.50. The molecule has 0 aliphatic rings. The molecule has 0 aliphatic heterocycles. The van der Waals surface area contributed by atoms with Crippen LogP contribution in [0.15, 0.2) is 18.2 Å². The molecule has 2 N–H and O–H groups in total. The summed E-state index contributed by atoms with van der Waals surface area (Å²) < 4.78 is 0.658. The summed E-state index contributed by atoms with van der Waals surface area (Å²) in [5.74, 6) is -1.78. The van der Waals surface area contributed by atoms with Gasteiger partial charge in [0.2, 0.25) is 5.91 Å². The fourth-order valence-corrected chi connectivity index (χ4v) is 2.81. The Hall–Kier alpha value is -1.33. The molecule has 1 atom stereocenters. The van der Waals surface area contributed by atoms with Crippen LogP contribution in [0.2, 0.25) is 4.34 Å². The third-order valence-corrected chi connectivity index (χ3v) is 3.92. The molecule has 0 aromatic carbocycles. The second kappa shape index (κ2) is 7.61. The molecule has 0 radical (unpaired) electrons. The number of carboxylic acid groups (broad SMARTS) is 1. The summed E-state index contributed by atoms with van der Waals surface area (Å²) in [6.45, 7) is 6.06. The number of carboxylic acids is 1. The third kappa shape index (κ3) is 7.29. The lowest BCUT2D eigenvalue weighted by molar-refractivity contribution is -0.142. The van der Waals surface area contributed by atoms with Crippen molar-refractivity contribution in [2.24, 2.45) is 11.3 Å². The zero-order valence-electron chi connectivity index (χ0n) is 12.4. The Kier molecular flexibility index (Phi) is 6.42. The Morgan fingerprint density at radius 1 is 1.43 bits per heavy atom. The van der Waals surface area contributed by atoms with Crippen LogP contribution in [0.1, 0.15) is 32.1 Å². The molecule has 1 heterocycles. The number of carbonyl (C=O) groups is 2. The Bertz CT molecular complexity index is 531. The van der Waals surface area contributed by atoms with E-state index < -0.39 is 11.9 Å². The Morgan fingerprint density at radius 2 is 2.10 bits per heavy atom. The number of nitrogens with one attached hydrogen (secondary N) is 1. The average Bonchev–Trinajstić information content (AvgIpc) is 2.76. The molecule has 0 saturated carbocycles. The quantitative estimate of drug-likeness (QED) is 0.782. The maximum atomic E-state index is 11.7. The van der Waals surface area contributed by atoms with Crippen LogP contribution in [-0.2, 0) is 9.59 Å². The smallest absolute Gasteiger partial charge is 0.308 e. The number of halogens is 1. The van der Waals surface area contributed by atoms with Crippen LogP contribution in [0, 0.1) is 11.3 Å². The topological polar surface area (TPSA) is 66.4 Å². The van der Waals surface area contributed by atoms with Crippen LogP contribution >= 0.6 is 22.9 Å². The van der Waals surface area contributed by atoms with Crippen LogP contribution < -0.4 is 5.32 Å². The molecule has 0 fully saturated rings. The minimum Gasteiger partial charge on any atom is -0.481 e. The van der Waals surface area contributed by atoms with Gasteiger partial charge in [0.1, 0.15) is 0 Å². The molecule has 1 aromatic heterocycles. The van der Waals surface area contributed by atoms with E-state index in [1.54, 1.807) is 12.1 Å². The molecule has 1 rings (SSSR count). The highest BCUT2D eigenvalue weighted by atomic mass is 35.5. The largest absolute Gasteiger partial charge is 0.481 e. The molecule has 21 heavy (non-hydrogen) atoms. The molecule has 0 bridgehead atoms. The van der Waals surface area contributed by atoms with Gasteiger partial charge in [-0.15, -0.1) is 11.3 Å². The highest BCUT2D eigenvalue weighted by molar-refractivity contribution is 7.17. The van der Waals surface area contributed by atoms with Crippen LogP contribution in [0.5, 0.6) is 0 Å². The molecular weight excluding hydrogens is 310 g/mol. The molecular formula is C15H20ClNO3S. The van der Waals surface area contributed by atoms with Gasteiger partial charge in [0.15, 0.2) is 0 Å². The van der Waals surface area contributed by atoms with Gasteiger partial charge in [-0.05, 0) is 30.0 Å². The van der Waals surface area contributed by atoms with Crippen molar-refractivity contribution in [1.29, 1.82) is 0 Å². The first-order valence-corrected chi connectivity index (χ1v) is 7.81. The molecule has 0 saturated heterocycles. The SMILES string of the molecule is CC(C)(C)CC(CNC(=O)/C=C/c1ccc(Cl)s1)C(=O)O. The Morgan fingerprint density at radius 3 is 2.57 bits per heavy atom. The summed E-state index contributed by atoms with van der Waals surface area (Å²) in [6, 6.07) is 3.57. The van der Waals surface area contributed by atoms with E-state index in [1.807, 2.05) is 26.8 Å². The van der Waals surface area contributed by atoms with Crippen LogP contribution in [-0.4, -0.2) is 23.5 Å². The molecule has 1 amide bonds. The number of thiophene rings is 1. The lowest BCUT2D eigenvalue weighted by Gasteiger charge is -2.23. The lowest BCUT2D eigenvalue weighted by atomic mass is 9.84. The van der Waals surface area contributed by atoms with E-state index >= 15 is 0 Å². The number of aliphatic carboxylic acids is 1. The number of rotatable bonds is 6. The van der Waals surface area contributed by atoms with E-state index in [9.17, 15) is 14.7 Å². The first-order valence-electron chi connectivity index (χ1n) is 6.61. The van der Waals surface area contributed by atoms with Gasteiger partial charge in [-0.2, -0.15) is 0 Å². The van der Waals surface area contributed by atoms with Gasteiger partial charge >= 0.3 is 5.97 Å². The van der Waals surface area contributed by atoms with Gasteiger partial charge in [-0.25, -0.2) is 0 Å². The predicted molar refractivity (Wildman–Crippen MR) is 86.6 cm³/mol. The highest BCUT2D eigenvalue weighted by Crippen LogP contribution is 2.24. The van der Waals surface area contributed by atoms with Crippen molar-refractivity contribution in [3.8, 4) is 0 Å². The molecule has 0 aliphatic carbocycles. The summed E-state index contributed by atoms with van der Waals surface area (Å²) in [5, 5.41) is 11.8. The lowest BCUT2D eigenvalue weighted by Crippen LogP contribution is -2.34. The predicted octanol–water partition coefficient (Wildman–Crippen LogP) is 3.67.